The largest absolute Gasteiger partial charge is 0.448 e. The lowest BCUT2D eigenvalue weighted by atomic mass is 10.1. The van der Waals surface area contributed by atoms with Crippen molar-refractivity contribution in [1.82, 2.24) is 9.78 Å². The maximum atomic E-state index is 6.07. The topological polar surface area (TPSA) is 57.0 Å². The molecular weight excluding hydrogens is 305 g/mol. The molecule has 2 aromatic heterocycles. The molecule has 6 heteroatoms. The zero-order valence-electron chi connectivity index (χ0n) is 9.58. The first-order valence-corrected chi connectivity index (χ1v) is 6.35. The van der Waals surface area contributed by atoms with Crippen molar-refractivity contribution in [2.24, 2.45) is 12.8 Å². The number of hydrogen-bond acceptors (Lipinski definition) is 3. The van der Waals surface area contributed by atoms with Crippen molar-refractivity contribution in [3.8, 4) is 0 Å². The van der Waals surface area contributed by atoms with Crippen molar-refractivity contribution in [1.29, 1.82) is 0 Å². The third-order valence-electron chi connectivity index (χ3n) is 2.63. The quantitative estimate of drug-likeness (QED) is 0.946. The van der Waals surface area contributed by atoms with E-state index in [1.54, 1.807) is 12.1 Å². The van der Waals surface area contributed by atoms with Crippen molar-refractivity contribution < 1.29 is 4.42 Å². The molecular formula is C11H13BrClN3O. The molecule has 0 spiro atoms. The van der Waals surface area contributed by atoms with Gasteiger partial charge in [-0.15, -0.1) is 0 Å². The minimum Gasteiger partial charge on any atom is -0.448 e. The SMILES string of the molecule is Cc1nn(C)c(CC(N)c2ccc(Cl)o2)c1Br. The molecule has 0 saturated carbocycles. The van der Waals surface area contributed by atoms with Gasteiger partial charge in [0, 0.05) is 13.5 Å². The average Bonchev–Trinajstić information content (AvgIpc) is 2.79. The van der Waals surface area contributed by atoms with E-state index < -0.39 is 0 Å². The number of nitrogens with zero attached hydrogens (tertiary/aromatic N) is 2. The third kappa shape index (κ3) is 2.56. The molecule has 17 heavy (non-hydrogen) atoms. The molecule has 2 aromatic rings. The number of halogens is 2. The second-order valence-corrected chi connectivity index (χ2v) is 5.09. The number of aryl methyl sites for hydroxylation is 2. The molecule has 0 aliphatic heterocycles. The Bertz CT molecular complexity index is 535. The van der Waals surface area contributed by atoms with Crippen LogP contribution in [0.1, 0.15) is 23.2 Å². The lowest BCUT2D eigenvalue weighted by Crippen LogP contribution is -2.15. The summed E-state index contributed by atoms with van der Waals surface area (Å²) in [6, 6.07) is 3.26. The van der Waals surface area contributed by atoms with E-state index >= 15 is 0 Å². The van der Waals surface area contributed by atoms with Crippen LogP contribution in [-0.4, -0.2) is 9.78 Å². The van der Waals surface area contributed by atoms with Gasteiger partial charge in [-0.05, 0) is 46.6 Å². The Balaban J connectivity index is 2.21. The molecule has 0 fully saturated rings. The summed E-state index contributed by atoms with van der Waals surface area (Å²) < 4.78 is 8.12. The van der Waals surface area contributed by atoms with Crippen LogP contribution in [0.15, 0.2) is 21.0 Å². The standard InChI is InChI=1S/C11H13BrClN3O/c1-6-11(12)8(16(2)15-6)5-7(14)9-3-4-10(13)17-9/h3-4,7H,5,14H2,1-2H3. The van der Waals surface area contributed by atoms with E-state index in [2.05, 4.69) is 21.0 Å². The van der Waals surface area contributed by atoms with E-state index in [1.165, 1.54) is 0 Å². The van der Waals surface area contributed by atoms with E-state index in [-0.39, 0.29) is 6.04 Å². The molecule has 2 heterocycles. The van der Waals surface area contributed by atoms with E-state index in [4.69, 9.17) is 21.8 Å². The van der Waals surface area contributed by atoms with E-state index in [0.717, 1.165) is 15.9 Å². The van der Waals surface area contributed by atoms with Crippen LogP contribution in [0.5, 0.6) is 0 Å². The summed E-state index contributed by atoms with van der Waals surface area (Å²) in [6.07, 6.45) is 0.641. The van der Waals surface area contributed by atoms with Crippen LogP contribution in [0.25, 0.3) is 0 Å². The Kier molecular flexibility index (Phi) is 3.61. The van der Waals surface area contributed by atoms with Crippen LogP contribution < -0.4 is 5.73 Å². The van der Waals surface area contributed by atoms with Gasteiger partial charge in [-0.3, -0.25) is 4.68 Å². The number of aromatic nitrogens is 2. The minimum atomic E-state index is -0.228. The highest BCUT2D eigenvalue weighted by Crippen LogP contribution is 2.26. The average molecular weight is 319 g/mol. The van der Waals surface area contributed by atoms with E-state index in [1.807, 2.05) is 18.7 Å². The molecule has 2 N–H and O–H groups in total. The predicted octanol–water partition coefficient (Wildman–Crippen LogP) is 2.98. The summed E-state index contributed by atoms with van der Waals surface area (Å²) in [5.74, 6) is 0.681. The maximum absolute atomic E-state index is 6.07. The molecule has 1 atom stereocenters. The van der Waals surface area contributed by atoms with E-state index in [9.17, 15) is 0 Å². The van der Waals surface area contributed by atoms with Gasteiger partial charge in [0.2, 0.25) is 0 Å². The Morgan fingerprint density at radius 3 is 2.76 bits per heavy atom. The van der Waals surface area contributed by atoms with Gasteiger partial charge in [-0.1, -0.05) is 0 Å². The second-order valence-electron chi connectivity index (χ2n) is 3.92. The molecule has 0 saturated heterocycles. The second kappa shape index (κ2) is 4.84. The van der Waals surface area contributed by atoms with Gasteiger partial charge in [-0.25, -0.2) is 0 Å². The van der Waals surface area contributed by atoms with Crippen LogP contribution in [0.3, 0.4) is 0 Å². The normalized spacial score (nSPS) is 13.0. The van der Waals surface area contributed by atoms with Gasteiger partial charge in [0.05, 0.1) is 21.9 Å². The van der Waals surface area contributed by atoms with Crippen molar-refractivity contribution in [2.45, 2.75) is 19.4 Å². The van der Waals surface area contributed by atoms with Crippen LogP contribution in [-0.2, 0) is 13.5 Å². The molecule has 1 unspecified atom stereocenters. The molecule has 2 rings (SSSR count). The highest BCUT2D eigenvalue weighted by atomic mass is 79.9. The summed E-state index contributed by atoms with van der Waals surface area (Å²) in [5, 5.41) is 4.68. The lowest BCUT2D eigenvalue weighted by molar-refractivity contribution is 0.460. The first kappa shape index (κ1) is 12.7. The van der Waals surface area contributed by atoms with Crippen LogP contribution >= 0.6 is 27.5 Å². The summed E-state index contributed by atoms with van der Waals surface area (Å²) >= 11 is 9.24. The Hall–Kier alpha value is -0.780. The highest BCUT2D eigenvalue weighted by Gasteiger charge is 2.17. The number of furan rings is 1. The fourth-order valence-electron chi connectivity index (χ4n) is 1.74. The molecule has 4 nitrogen and oxygen atoms in total. The Morgan fingerprint density at radius 2 is 2.29 bits per heavy atom. The van der Waals surface area contributed by atoms with E-state index in [0.29, 0.717) is 17.4 Å². The molecule has 0 radical (unpaired) electrons. The van der Waals surface area contributed by atoms with Gasteiger partial charge in [0.1, 0.15) is 5.76 Å². The first-order chi connectivity index (χ1) is 7.99. The summed E-state index contributed by atoms with van der Waals surface area (Å²) in [5.41, 5.74) is 8.07. The number of hydrogen-bond donors (Lipinski definition) is 1. The van der Waals surface area contributed by atoms with Gasteiger partial charge < -0.3 is 10.2 Å². The molecule has 0 amide bonds. The van der Waals surface area contributed by atoms with Crippen LogP contribution in [0, 0.1) is 6.92 Å². The fourth-order valence-corrected chi connectivity index (χ4v) is 2.39. The summed E-state index contributed by atoms with van der Waals surface area (Å²) in [6.45, 7) is 1.95. The zero-order chi connectivity index (χ0) is 12.6. The monoisotopic (exact) mass is 317 g/mol. The van der Waals surface area contributed by atoms with Gasteiger partial charge in [0.25, 0.3) is 0 Å². The molecule has 0 aliphatic carbocycles. The fraction of sp³-hybridized carbons (Fsp3) is 0.364. The Morgan fingerprint density at radius 1 is 1.59 bits per heavy atom. The van der Waals surface area contributed by atoms with Crippen molar-refractivity contribution in [3.63, 3.8) is 0 Å². The molecule has 92 valence electrons. The predicted molar refractivity (Wildman–Crippen MR) is 70.0 cm³/mol. The minimum absolute atomic E-state index is 0.228. The highest BCUT2D eigenvalue weighted by molar-refractivity contribution is 9.10. The summed E-state index contributed by atoms with van der Waals surface area (Å²) in [7, 11) is 1.90. The van der Waals surface area contributed by atoms with Gasteiger partial charge in [-0.2, -0.15) is 5.10 Å². The summed E-state index contributed by atoms with van der Waals surface area (Å²) in [4.78, 5) is 0. The zero-order valence-corrected chi connectivity index (χ0v) is 11.9. The van der Waals surface area contributed by atoms with Crippen molar-refractivity contribution in [3.05, 3.63) is 39.0 Å². The Labute approximate surface area is 113 Å². The van der Waals surface area contributed by atoms with Crippen molar-refractivity contribution in [2.75, 3.05) is 0 Å². The molecule has 0 bridgehead atoms. The lowest BCUT2D eigenvalue weighted by Gasteiger charge is -2.09. The van der Waals surface area contributed by atoms with Gasteiger partial charge >= 0.3 is 0 Å². The maximum Gasteiger partial charge on any atom is 0.193 e. The first-order valence-electron chi connectivity index (χ1n) is 5.18. The third-order valence-corrected chi connectivity index (χ3v) is 3.87. The number of nitrogens with two attached hydrogens (primary N) is 1. The van der Waals surface area contributed by atoms with Gasteiger partial charge in [0.15, 0.2) is 5.22 Å². The van der Waals surface area contributed by atoms with Crippen LogP contribution in [0.2, 0.25) is 5.22 Å². The van der Waals surface area contributed by atoms with Crippen LogP contribution in [0.4, 0.5) is 0 Å². The molecule has 0 aliphatic rings. The number of rotatable bonds is 3. The smallest absolute Gasteiger partial charge is 0.193 e. The molecule has 0 aromatic carbocycles. The van der Waals surface area contributed by atoms with Crippen molar-refractivity contribution >= 4 is 27.5 Å².